The number of nitrogens with two attached hydrogens (primary N) is 1. The van der Waals surface area contributed by atoms with Crippen molar-refractivity contribution in [3.05, 3.63) is 51.8 Å². The van der Waals surface area contributed by atoms with Gasteiger partial charge < -0.3 is 5.73 Å². The lowest BCUT2D eigenvalue weighted by atomic mass is 10.1. The average Bonchev–Trinajstić information content (AvgIpc) is 2.44. The van der Waals surface area contributed by atoms with Crippen LogP contribution in [-0.4, -0.2) is 20.8 Å². The Morgan fingerprint density at radius 1 is 1.33 bits per heavy atom. The quantitative estimate of drug-likeness (QED) is 0.564. The predicted molar refractivity (Wildman–Crippen MR) is 75.4 cm³/mol. The molecule has 9 nitrogen and oxygen atoms in total. The molecule has 108 valence electrons. The topological polar surface area (TPSA) is 136 Å². The van der Waals surface area contributed by atoms with Gasteiger partial charge in [0.25, 0.3) is 5.91 Å². The van der Waals surface area contributed by atoms with Gasteiger partial charge in [-0.15, -0.1) is 0 Å². The molecule has 0 aliphatic rings. The monoisotopic (exact) mass is 288 g/mol. The summed E-state index contributed by atoms with van der Waals surface area (Å²) in [5.41, 5.74) is 10.9. The minimum atomic E-state index is -0.725. The molecular formula is C12H12N6O3. The number of nitrogen functional groups attached to an aromatic ring is 1. The fraction of sp³-hybridized carbons (Fsp3) is 0.0833. The van der Waals surface area contributed by atoms with Gasteiger partial charge in [-0.25, -0.2) is 9.97 Å². The van der Waals surface area contributed by atoms with Gasteiger partial charge in [0.15, 0.2) is 0 Å². The number of aromatic nitrogens is 2. The number of nitro groups is 1. The van der Waals surface area contributed by atoms with Gasteiger partial charge in [-0.1, -0.05) is 18.2 Å². The van der Waals surface area contributed by atoms with Crippen molar-refractivity contribution in [3.8, 4) is 0 Å². The molecule has 1 aromatic heterocycles. The number of nitrogens with zero attached hydrogens (tertiary/aromatic N) is 3. The Bertz CT molecular complexity index is 703. The van der Waals surface area contributed by atoms with E-state index in [0.717, 1.165) is 11.9 Å². The molecule has 0 spiro atoms. The summed E-state index contributed by atoms with van der Waals surface area (Å²) in [6.07, 6.45) is 1.06. The summed E-state index contributed by atoms with van der Waals surface area (Å²) in [7, 11) is 0. The summed E-state index contributed by atoms with van der Waals surface area (Å²) in [6.45, 7) is 1.78. The number of nitrogens with one attached hydrogen (secondary N) is 2. The largest absolute Gasteiger partial charge is 0.378 e. The summed E-state index contributed by atoms with van der Waals surface area (Å²) in [6, 6.07) is 6.93. The number of amides is 1. The van der Waals surface area contributed by atoms with Gasteiger partial charge in [0.05, 0.1) is 4.92 Å². The van der Waals surface area contributed by atoms with Gasteiger partial charge in [-0.05, 0) is 18.6 Å². The first-order chi connectivity index (χ1) is 10.0. The van der Waals surface area contributed by atoms with Crippen LogP contribution in [0.5, 0.6) is 0 Å². The van der Waals surface area contributed by atoms with E-state index in [1.807, 2.05) is 0 Å². The molecule has 1 aromatic carbocycles. The summed E-state index contributed by atoms with van der Waals surface area (Å²) in [4.78, 5) is 29.4. The van der Waals surface area contributed by atoms with Crippen molar-refractivity contribution in [2.45, 2.75) is 6.92 Å². The first-order valence-electron chi connectivity index (χ1n) is 5.87. The molecule has 0 radical (unpaired) electrons. The molecule has 0 atom stereocenters. The van der Waals surface area contributed by atoms with Gasteiger partial charge >= 0.3 is 5.69 Å². The molecule has 0 bridgehead atoms. The first kappa shape index (κ1) is 14.2. The Hall–Kier alpha value is -3.23. The maximum absolute atomic E-state index is 12.0. The van der Waals surface area contributed by atoms with Gasteiger partial charge in [0.2, 0.25) is 11.6 Å². The molecule has 1 heterocycles. The number of benzene rings is 1. The van der Waals surface area contributed by atoms with Gasteiger partial charge in [-0.3, -0.25) is 25.8 Å². The fourth-order valence-electron chi connectivity index (χ4n) is 1.67. The highest BCUT2D eigenvalue weighted by Crippen LogP contribution is 2.25. The van der Waals surface area contributed by atoms with Gasteiger partial charge in [0.1, 0.15) is 6.33 Å². The molecule has 21 heavy (non-hydrogen) atoms. The Morgan fingerprint density at radius 2 is 2.05 bits per heavy atom. The molecule has 2 rings (SSSR count). The Kier molecular flexibility index (Phi) is 3.93. The third-order valence-corrected chi connectivity index (χ3v) is 2.72. The first-order valence-corrected chi connectivity index (χ1v) is 5.87. The van der Waals surface area contributed by atoms with Crippen molar-refractivity contribution >= 4 is 23.2 Å². The zero-order chi connectivity index (χ0) is 15.4. The summed E-state index contributed by atoms with van der Waals surface area (Å²) in [5, 5.41) is 10.9. The van der Waals surface area contributed by atoms with Crippen molar-refractivity contribution in [1.82, 2.24) is 15.4 Å². The molecule has 0 fully saturated rings. The van der Waals surface area contributed by atoms with E-state index >= 15 is 0 Å². The molecule has 4 N–H and O–H groups in total. The van der Waals surface area contributed by atoms with Crippen LogP contribution in [0.25, 0.3) is 0 Å². The number of aryl methyl sites for hydroxylation is 1. The molecule has 1 amide bonds. The lowest BCUT2D eigenvalue weighted by Gasteiger charge is -2.09. The van der Waals surface area contributed by atoms with E-state index in [1.54, 1.807) is 31.2 Å². The number of anilines is 2. The van der Waals surface area contributed by atoms with E-state index in [9.17, 15) is 14.9 Å². The highest BCUT2D eigenvalue weighted by Gasteiger charge is 2.21. The summed E-state index contributed by atoms with van der Waals surface area (Å²) in [5.74, 6) is -0.920. The number of hydrogen-bond donors (Lipinski definition) is 3. The summed E-state index contributed by atoms with van der Waals surface area (Å²) >= 11 is 0. The van der Waals surface area contributed by atoms with Crippen LogP contribution in [0.2, 0.25) is 0 Å². The number of rotatable bonds is 4. The van der Waals surface area contributed by atoms with Crippen LogP contribution in [0.1, 0.15) is 15.9 Å². The third kappa shape index (κ3) is 3.03. The maximum Gasteiger partial charge on any atom is 0.354 e. The van der Waals surface area contributed by atoms with E-state index in [1.165, 1.54) is 0 Å². The Morgan fingerprint density at radius 3 is 2.71 bits per heavy atom. The second-order valence-corrected chi connectivity index (χ2v) is 4.11. The van der Waals surface area contributed by atoms with Crippen LogP contribution in [0.3, 0.4) is 0 Å². The average molecular weight is 288 g/mol. The number of hydrogen-bond acceptors (Lipinski definition) is 7. The molecule has 0 aliphatic heterocycles. The van der Waals surface area contributed by atoms with Gasteiger partial charge in [0, 0.05) is 5.56 Å². The molecule has 0 aliphatic carbocycles. The zero-order valence-corrected chi connectivity index (χ0v) is 11.0. The number of hydrazine groups is 1. The van der Waals surface area contributed by atoms with Crippen LogP contribution >= 0.6 is 0 Å². The normalized spacial score (nSPS) is 9.95. The smallest absolute Gasteiger partial charge is 0.354 e. The van der Waals surface area contributed by atoms with Crippen LogP contribution in [0.15, 0.2) is 30.6 Å². The minimum Gasteiger partial charge on any atom is -0.378 e. The van der Waals surface area contributed by atoms with Crippen LogP contribution in [0.4, 0.5) is 17.3 Å². The lowest BCUT2D eigenvalue weighted by molar-refractivity contribution is -0.383. The van der Waals surface area contributed by atoms with E-state index in [0.29, 0.717) is 5.56 Å². The third-order valence-electron chi connectivity index (χ3n) is 2.72. The van der Waals surface area contributed by atoms with Crippen LogP contribution < -0.4 is 16.6 Å². The molecule has 0 saturated carbocycles. The standard InChI is InChI=1S/C12H12N6O3/c1-7-4-2-3-5-8(7)12(19)17-16-11-9(18(20)21)10(13)14-6-15-11/h2-6H,1H3,(H,17,19)(H3,13,14,15,16). The zero-order valence-electron chi connectivity index (χ0n) is 11.0. The molecular weight excluding hydrogens is 276 g/mol. The highest BCUT2D eigenvalue weighted by atomic mass is 16.6. The second-order valence-electron chi connectivity index (χ2n) is 4.11. The molecule has 0 saturated heterocycles. The van der Waals surface area contributed by atoms with E-state index < -0.39 is 16.5 Å². The Balaban J connectivity index is 2.18. The van der Waals surface area contributed by atoms with Crippen molar-refractivity contribution in [3.63, 3.8) is 0 Å². The van der Waals surface area contributed by atoms with Crippen molar-refractivity contribution in [2.24, 2.45) is 0 Å². The van der Waals surface area contributed by atoms with Crippen molar-refractivity contribution in [1.29, 1.82) is 0 Å². The lowest BCUT2D eigenvalue weighted by Crippen LogP contribution is -2.30. The van der Waals surface area contributed by atoms with Crippen LogP contribution in [-0.2, 0) is 0 Å². The number of carbonyl (C=O) groups is 1. The van der Waals surface area contributed by atoms with Crippen LogP contribution in [0, 0.1) is 17.0 Å². The molecule has 0 unspecified atom stereocenters. The van der Waals surface area contributed by atoms with E-state index in [2.05, 4.69) is 20.8 Å². The summed E-state index contributed by atoms with van der Waals surface area (Å²) < 4.78 is 0. The maximum atomic E-state index is 12.0. The van der Waals surface area contributed by atoms with Crippen molar-refractivity contribution < 1.29 is 9.72 Å². The predicted octanol–water partition coefficient (Wildman–Crippen LogP) is 1.03. The van der Waals surface area contributed by atoms with E-state index in [-0.39, 0.29) is 11.6 Å². The highest BCUT2D eigenvalue weighted by molar-refractivity contribution is 5.96. The fourth-order valence-corrected chi connectivity index (χ4v) is 1.67. The molecule has 2 aromatic rings. The van der Waals surface area contributed by atoms with Gasteiger partial charge in [-0.2, -0.15) is 0 Å². The van der Waals surface area contributed by atoms with E-state index in [4.69, 9.17) is 5.73 Å². The van der Waals surface area contributed by atoms with Crippen molar-refractivity contribution in [2.75, 3.05) is 11.2 Å². The number of carbonyl (C=O) groups excluding carboxylic acids is 1. The molecule has 9 heteroatoms. The SMILES string of the molecule is Cc1ccccc1C(=O)NNc1ncnc(N)c1[N+](=O)[O-]. The minimum absolute atomic E-state index is 0.186. The second kappa shape index (κ2) is 5.82. The Labute approximate surface area is 119 Å².